The maximum absolute atomic E-state index is 13.4. The second-order valence-electron chi connectivity index (χ2n) is 7.02. The average Bonchev–Trinajstić information content (AvgIpc) is 2.72. The molecule has 0 atom stereocenters. The Morgan fingerprint density at radius 1 is 1.00 bits per heavy atom. The summed E-state index contributed by atoms with van der Waals surface area (Å²) >= 11 is 0. The Hall–Kier alpha value is -2.93. The summed E-state index contributed by atoms with van der Waals surface area (Å²) in [5.74, 6) is -1.51. The number of sulfonamides is 1. The van der Waals surface area contributed by atoms with Gasteiger partial charge in [0.1, 0.15) is 5.70 Å². The van der Waals surface area contributed by atoms with Crippen LogP contribution in [0.15, 0.2) is 65.2 Å². The highest BCUT2D eigenvalue weighted by Crippen LogP contribution is 2.39. The van der Waals surface area contributed by atoms with Crippen molar-refractivity contribution in [3.63, 3.8) is 0 Å². The van der Waals surface area contributed by atoms with Crippen LogP contribution in [0.2, 0.25) is 0 Å². The van der Waals surface area contributed by atoms with Gasteiger partial charge in [0.15, 0.2) is 5.76 Å². The lowest BCUT2D eigenvalue weighted by atomic mass is 10.0. The number of carbonyl (C=O) groups excluding carboxylic acids is 2. The third-order valence-electron chi connectivity index (χ3n) is 4.52. The molecule has 29 heavy (non-hydrogen) atoms. The Kier molecular flexibility index (Phi) is 5.88. The lowest BCUT2D eigenvalue weighted by Gasteiger charge is -2.32. The molecule has 7 heteroatoms. The number of nitrogens with zero attached hydrogens (tertiary/aromatic N) is 1. The molecule has 0 spiro atoms. The minimum absolute atomic E-state index is 0.0172. The van der Waals surface area contributed by atoms with Crippen molar-refractivity contribution in [1.82, 2.24) is 4.31 Å². The van der Waals surface area contributed by atoms with E-state index in [1.54, 1.807) is 62.4 Å². The van der Waals surface area contributed by atoms with Crippen molar-refractivity contribution in [2.45, 2.75) is 32.1 Å². The van der Waals surface area contributed by atoms with Crippen molar-refractivity contribution in [2.24, 2.45) is 5.92 Å². The Morgan fingerprint density at radius 3 is 2.24 bits per heavy atom. The van der Waals surface area contributed by atoms with Crippen LogP contribution in [-0.2, 0) is 19.6 Å². The van der Waals surface area contributed by atoms with Gasteiger partial charge in [-0.3, -0.25) is 13.9 Å². The highest BCUT2D eigenvalue weighted by Gasteiger charge is 2.41. The molecule has 0 fully saturated rings. The number of benzene rings is 2. The molecule has 0 saturated carbocycles. The lowest BCUT2D eigenvalue weighted by Crippen LogP contribution is -2.39. The number of carbonyl (C=O) groups is 2. The molecule has 0 radical (unpaired) electrons. The first-order valence-electron chi connectivity index (χ1n) is 9.46. The Morgan fingerprint density at radius 2 is 1.62 bits per heavy atom. The van der Waals surface area contributed by atoms with Gasteiger partial charge in [0.05, 0.1) is 10.8 Å². The fourth-order valence-corrected chi connectivity index (χ4v) is 4.81. The molecular weight excluding hydrogens is 390 g/mol. The first-order chi connectivity index (χ1) is 13.8. The van der Waals surface area contributed by atoms with Gasteiger partial charge in [-0.1, -0.05) is 63.2 Å². The maximum Gasteiger partial charge on any atom is 0.313 e. The number of ether oxygens (including phenoxy) is 1. The van der Waals surface area contributed by atoms with Gasteiger partial charge in [-0.05, 0) is 18.6 Å². The van der Waals surface area contributed by atoms with E-state index in [1.165, 1.54) is 6.07 Å². The van der Waals surface area contributed by atoms with Gasteiger partial charge >= 0.3 is 5.97 Å². The molecule has 0 unspecified atom stereocenters. The van der Waals surface area contributed by atoms with Crippen LogP contribution in [0.4, 0.5) is 0 Å². The third-order valence-corrected chi connectivity index (χ3v) is 6.37. The van der Waals surface area contributed by atoms with E-state index < -0.39 is 27.7 Å². The SMILES string of the molecule is CCCN1C(C(=O)c2ccccc2)=C(OC(=O)C(C)C)c2ccccc2S1(=O)=O. The van der Waals surface area contributed by atoms with Gasteiger partial charge in [0.25, 0.3) is 10.0 Å². The summed E-state index contributed by atoms with van der Waals surface area (Å²) in [6.45, 7) is 5.27. The van der Waals surface area contributed by atoms with Crippen LogP contribution >= 0.6 is 0 Å². The van der Waals surface area contributed by atoms with E-state index in [2.05, 4.69) is 0 Å². The molecule has 0 amide bonds. The van der Waals surface area contributed by atoms with Gasteiger partial charge in [-0.15, -0.1) is 0 Å². The van der Waals surface area contributed by atoms with E-state index in [0.717, 1.165) is 4.31 Å². The fourth-order valence-electron chi connectivity index (χ4n) is 3.06. The molecule has 0 bridgehead atoms. The normalized spacial score (nSPS) is 15.2. The molecule has 0 saturated heterocycles. The van der Waals surface area contributed by atoms with E-state index in [0.29, 0.717) is 12.0 Å². The molecule has 2 aromatic carbocycles. The zero-order valence-electron chi connectivity index (χ0n) is 16.6. The van der Waals surface area contributed by atoms with E-state index >= 15 is 0 Å². The minimum atomic E-state index is -3.97. The van der Waals surface area contributed by atoms with Crippen LogP contribution in [0.3, 0.4) is 0 Å². The topological polar surface area (TPSA) is 80.8 Å². The molecule has 152 valence electrons. The smallest absolute Gasteiger partial charge is 0.313 e. The predicted octanol–water partition coefficient (Wildman–Crippen LogP) is 3.85. The van der Waals surface area contributed by atoms with Gasteiger partial charge < -0.3 is 4.74 Å². The monoisotopic (exact) mass is 413 g/mol. The first-order valence-corrected chi connectivity index (χ1v) is 10.9. The second kappa shape index (κ2) is 8.21. The molecule has 1 aliphatic rings. The van der Waals surface area contributed by atoms with E-state index in [4.69, 9.17) is 4.74 Å². The largest absolute Gasteiger partial charge is 0.423 e. The van der Waals surface area contributed by atoms with Gasteiger partial charge in [-0.25, -0.2) is 8.42 Å². The Bertz CT molecular complexity index is 1070. The van der Waals surface area contributed by atoms with Crippen LogP contribution in [0.1, 0.15) is 43.1 Å². The number of esters is 1. The molecule has 1 heterocycles. The van der Waals surface area contributed by atoms with Crippen molar-refractivity contribution in [3.05, 3.63) is 71.4 Å². The van der Waals surface area contributed by atoms with Gasteiger partial charge in [0, 0.05) is 17.7 Å². The highest BCUT2D eigenvalue weighted by molar-refractivity contribution is 7.89. The van der Waals surface area contributed by atoms with Gasteiger partial charge in [-0.2, -0.15) is 0 Å². The van der Waals surface area contributed by atoms with E-state index in [9.17, 15) is 18.0 Å². The summed E-state index contributed by atoms with van der Waals surface area (Å²) in [4.78, 5) is 25.8. The molecular formula is C22H23NO5S. The molecule has 3 rings (SSSR count). The molecule has 0 aliphatic carbocycles. The quantitative estimate of drug-likeness (QED) is 0.531. The van der Waals surface area contributed by atoms with Crippen molar-refractivity contribution >= 4 is 27.5 Å². The fraction of sp³-hybridized carbons (Fsp3) is 0.273. The number of allylic oxidation sites excluding steroid dienone is 1. The maximum atomic E-state index is 13.4. The van der Waals surface area contributed by atoms with E-state index in [-0.39, 0.29) is 28.5 Å². The number of fused-ring (bicyclic) bond motifs is 1. The summed E-state index contributed by atoms with van der Waals surface area (Å²) in [5.41, 5.74) is 0.398. The zero-order chi connectivity index (χ0) is 21.2. The molecule has 2 aromatic rings. The van der Waals surface area contributed by atoms with Gasteiger partial charge in [0.2, 0.25) is 5.78 Å². The third kappa shape index (κ3) is 3.82. The standard InChI is InChI=1S/C22H23NO5S/c1-4-14-23-19(20(24)16-10-6-5-7-11-16)21(28-22(25)15(2)3)17-12-8-9-13-18(17)29(23,26)27/h5-13,15H,4,14H2,1-3H3. The van der Waals surface area contributed by atoms with E-state index in [1.807, 2.05) is 6.92 Å². The molecule has 0 aromatic heterocycles. The van der Waals surface area contributed by atoms with Crippen LogP contribution in [0.5, 0.6) is 0 Å². The lowest BCUT2D eigenvalue weighted by molar-refractivity contribution is -0.140. The number of Topliss-reactive ketones (excluding diaryl/α,β-unsaturated/α-hetero) is 1. The molecule has 1 aliphatic heterocycles. The van der Waals surface area contributed by atoms with Crippen LogP contribution < -0.4 is 0 Å². The Labute approximate surface area is 170 Å². The number of hydrogen-bond acceptors (Lipinski definition) is 5. The highest BCUT2D eigenvalue weighted by atomic mass is 32.2. The van der Waals surface area contributed by atoms with Crippen LogP contribution in [0, 0.1) is 5.92 Å². The molecule has 6 nitrogen and oxygen atoms in total. The summed E-state index contributed by atoms with van der Waals surface area (Å²) in [6.07, 6.45) is 0.484. The predicted molar refractivity (Wildman–Crippen MR) is 109 cm³/mol. The van der Waals surface area contributed by atoms with Crippen molar-refractivity contribution in [2.75, 3.05) is 6.54 Å². The van der Waals surface area contributed by atoms with Crippen LogP contribution in [0.25, 0.3) is 5.76 Å². The molecule has 0 N–H and O–H groups in total. The summed E-state index contributed by atoms with van der Waals surface area (Å²) in [6, 6.07) is 14.6. The second-order valence-corrected chi connectivity index (χ2v) is 8.85. The first kappa shape index (κ1) is 20.8. The van der Waals surface area contributed by atoms with Crippen molar-refractivity contribution in [3.8, 4) is 0 Å². The summed E-state index contributed by atoms with van der Waals surface area (Å²) < 4.78 is 33.3. The average molecular weight is 413 g/mol. The number of ketones is 1. The zero-order valence-corrected chi connectivity index (χ0v) is 17.4. The number of hydrogen-bond donors (Lipinski definition) is 0. The summed E-state index contributed by atoms with van der Waals surface area (Å²) in [5, 5.41) is 0. The van der Waals surface area contributed by atoms with Crippen molar-refractivity contribution < 1.29 is 22.7 Å². The van der Waals surface area contributed by atoms with Crippen LogP contribution in [-0.4, -0.2) is 31.0 Å². The minimum Gasteiger partial charge on any atom is -0.423 e. The van der Waals surface area contributed by atoms with Crippen molar-refractivity contribution in [1.29, 1.82) is 0 Å². The Balaban J connectivity index is 2.33. The summed E-state index contributed by atoms with van der Waals surface area (Å²) in [7, 11) is -3.97. The number of rotatable bonds is 6.